The molecule has 4 aliphatic rings. The minimum absolute atomic E-state index is 0.0116. The molecule has 0 fully saturated rings. The average Bonchev–Trinajstić information content (AvgIpc) is 1.53. The van der Waals surface area contributed by atoms with Crippen molar-refractivity contribution in [2.75, 3.05) is 131 Å². The largest absolute Gasteiger partial charge is 0.490 e. The number of nitrogens with zero attached hydrogens (tertiary/aromatic N) is 3. The number of amides is 8. The van der Waals surface area contributed by atoms with E-state index in [9.17, 15) is 58.2 Å². The molecule has 33 heteroatoms. The van der Waals surface area contributed by atoms with E-state index in [-0.39, 0.29) is 120 Å². The molecule has 4 aromatic rings. The van der Waals surface area contributed by atoms with Crippen LogP contribution in [0, 0.1) is 5.92 Å². The molecule has 4 atom stereocenters. The predicted molar refractivity (Wildman–Crippen MR) is 369 cm³/mol. The van der Waals surface area contributed by atoms with E-state index in [1.807, 2.05) is 13.8 Å². The molecule has 104 heavy (non-hydrogen) atoms. The minimum Gasteiger partial charge on any atom is -0.490 e. The van der Waals surface area contributed by atoms with E-state index in [0.717, 1.165) is 4.90 Å². The van der Waals surface area contributed by atoms with Gasteiger partial charge in [0, 0.05) is 79.3 Å². The molecule has 0 saturated heterocycles. The van der Waals surface area contributed by atoms with Gasteiger partial charge in [-0.05, 0) is 67.5 Å². The van der Waals surface area contributed by atoms with E-state index in [2.05, 4.69) is 38.5 Å². The number of carbonyl (C=O) groups is 9. The Morgan fingerprint density at radius 3 is 1.83 bits per heavy atom. The summed E-state index contributed by atoms with van der Waals surface area (Å²) in [6, 6.07) is 7.93. The quantitative estimate of drug-likeness (QED) is 0.0205. The number of alkyl carbamates (subject to hydrolysis) is 1. The fraction of sp³-hybridized carbons (Fsp3) is 0.535. The molecule has 0 spiro atoms. The summed E-state index contributed by atoms with van der Waals surface area (Å²) < 4.78 is 68.2. The predicted octanol–water partition coefficient (Wildman–Crippen LogP) is 2.50. The smallest absolute Gasteiger partial charge is 0.407 e. The van der Waals surface area contributed by atoms with Crippen LogP contribution >= 0.6 is 0 Å². The van der Waals surface area contributed by atoms with Crippen molar-refractivity contribution in [2.24, 2.45) is 5.92 Å². The second-order valence-corrected chi connectivity index (χ2v) is 24.9. The molecule has 8 rings (SSSR count). The zero-order valence-electron chi connectivity index (χ0n) is 58.9. The fourth-order valence-corrected chi connectivity index (χ4v) is 11.3. The Labute approximate surface area is 600 Å². The van der Waals surface area contributed by atoms with Gasteiger partial charge in [-0.2, -0.15) is 0 Å². The number of ether oxygens (including phenoxy) is 12. The molecule has 2 aromatic heterocycles. The summed E-state index contributed by atoms with van der Waals surface area (Å²) in [7, 11) is 0. The van der Waals surface area contributed by atoms with Crippen molar-refractivity contribution in [2.45, 2.75) is 116 Å². The maximum atomic E-state index is 14.1. The minimum atomic E-state index is -1.59. The van der Waals surface area contributed by atoms with E-state index in [1.165, 1.54) is 31.2 Å². The lowest BCUT2D eigenvalue weighted by atomic mass is 9.84. The van der Waals surface area contributed by atoms with Crippen molar-refractivity contribution >= 4 is 70.0 Å². The summed E-state index contributed by atoms with van der Waals surface area (Å²) in [6.45, 7) is 16.1. The summed E-state index contributed by atoms with van der Waals surface area (Å²) in [6.07, 6.45) is 1.21. The molecule has 0 bridgehead atoms. The van der Waals surface area contributed by atoms with Crippen LogP contribution in [0.4, 0.5) is 10.5 Å². The first kappa shape index (κ1) is 80.2. The van der Waals surface area contributed by atoms with E-state index in [1.54, 1.807) is 41.8 Å². The van der Waals surface area contributed by atoms with Gasteiger partial charge in [0.05, 0.1) is 135 Å². The van der Waals surface area contributed by atoms with Crippen molar-refractivity contribution in [3.05, 3.63) is 105 Å². The monoisotopic (exact) mass is 1460 g/mol. The maximum Gasteiger partial charge on any atom is 0.407 e. The van der Waals surface area contributed by atoms with Gasteiger partial charge < -0.3 is 104 Å². The summed E-state index contributed by atoms with van der Waals surface area (Å²) in [4.78, 5) is 134. The number of benzene rings is 2. The zero-order valence-corrected chi connectivity index (χ0v) is 58.9. The van der Waals surface area contributed by atoms with Crippen LogP contribution < -0.4 is 46.9 Å². The first-order valence-corrected chi connectivity index (χ1v) is 34.6. The highest BCUT2D eigenvalue weighted by Crippen LogP contribution is 2.44. The number of rotatable bonds is 47. The van der Waals surface area contributed by atoms with E-state index < -0.39 is 77.7 Å². The molecule has 0 aliphatic carbocycles. The summed E-state index contributed by atoms with van der Waals surface area (Å²) in [5.41, 5.74) is 2.38. The van der Waals surface area contributed by atoms with Crippen LogP contribution in [-0.2, 0) is 118 Å². The Kier molecular flexibility index (Phi) is 31.3. The maximum absolute atomic E-state index is 14.1. The molecule has 8 N–H and O–H groups in total. The number of imide groups is 1. The van der Waals surface area contributed by atoms with Crippen LogP contribution in [0.15, 0.2) is 71.7 Å². The van der Waals surface area contributed by atoms with Gasteiger partial charge in [0.25, 0.3) is 17.4 Å². The highest BCUT2D eigenvalue weighted by atomic mass is 16.7. The van der Waals surface area contributed by atoms with E-state index in [4.69, 9.17) is 61.8 Å². The molecule has 6 heterocycles. The number of aliphatic carboxylic acids is 1. The van der Waals surface area contributed by atoms with Crippen LogP contribution in [0.3, 0.4) is 0 Å². The summed E-state index contributed by atoms with van der Waals surface area (Å²) >= 11 is 0. The molecule has 0 radical (unpaired) electrons. The Bertz CT molecular complexity index is 3750. The number of carboxylic acids is 1. The molecule has 2 aromatic carbocycles. The average molecular weight is 1460 g/mol. The molecule has 0 unspecified atom stereocenters. The molecule has 0 saturated carbocycles. The lowest BCUT2D eigenvalue weighted by Crippen LogP contribution is -2.55. The van der Waals surface area contributed by atoms with Crippen LogP contribution in [0.25, 0.3) is 22.3 Å². The fourth-order valence-electron chi connectivity index (χ4n) is 11.3. The summed E-state index contributed by atoms with van der Waals surface area (Å²) in [5.74, 6) is -3.92. The number of hydrogen-bond donors (Lipinski definition) is 8. The lowest BCUT2D eigenvalue weighted by Gasteiger charge is -2.35. The number of pyridine rings is 2. The normalized spacial score (nSPS) is 15.6. The third-order valence-corrected chi connectivity index (χ3v) is 17.0. The topological polar surface area (TPSA) is 415 Å². The molecular formula is C71H93N9O24. The second-order valence-electron chi connectivity index (χ2n) is 24.9. The van der Waals surface area contributed by atoms with Crippen molar-refractivity contribution in [1.29, 1.82) is 0 Å². The Morgan fingerprint density at radius 2 is 1.24 bits per heavy atom. The van der Waals surface area contributed by atoms with Crippen LogP contribution in [0.1, 0.15) is 94.0 Å². The van der Waals surface area contributed by atoms with E-state index >= 15 is 0 Å². The number of aliphatic hydroxyl groups is 1. The van der Waals surface area contributed by atoms with Gasteiger partial charge in [-0.3, -0.25) is 48.1 Å². The third kappa shape index (κ3) is 23.5. The van der Waals surface area contributed by atoms with Gasteiger partial charge in [-0.15, -0.1) is 0 Å². The Balaban J connectivity index is 0.655. The molecule has 8 amide bonds. The van der Waals surface area contributed by atoms with Gasteiger partial charge in [0.1, 0.15) is 42.7 Å². The van der Waals surface area contributed by atoms with Crippen molar-refractivity contribution < 1.29 is 110 Å². The number of carboxylic acid groups (broad SMARTS) is 1. The van der Waals surface area contributed by atoms with Gasteiger partial charge >= 0.3 is 12.1 Å². The second kappa shape index (κ2) is 40.6. The molecular weight excluding hydrogens is 1360 g/mol. The van der Waals surface area contributed by atoms with Crippen molar-refractivity contribution in [1.82, 2.24) is 41.0 Å². The van der Waals surface area contributed by atoms with Crippen molar-refractivity contribution in [3.63, 3.8) is 0 Å². The Morgan fingerprint density at radius 1 is 0.654 bits per heavy atom. The third-order valence-electron chi connectivity index (χ3n) is 17.0. The standard InChI is InChI=1S/C71H93N9O24/c1-6-71(92)46(5)101-42-52-53(71)37-57-65-51(40-80(57)69(52)90)50(49-36-58-59(104-43-103-58)38-55(49)77-65)39-73-70(91)102-41-47-7-9-48(10-8-47)75-67(88)54(11-14-64(85)86)78-66(87)45(4)74-68(89)56(35-44(2)3)76-61(82)16-19-93-21-23-95-25-27-97-29-31-99-33-34-100-32-30-98-28-26-96-24-22-94-20-17-72-60(81)15-18-79-62(83)12-13-63(79)84/h7-10,12-13,36-38,44-45,54,56,92H,5-6,11,14-35,39-43H2,1-4H3,(H,72,81)(H,73,91)(H,74,89)(H,75,88)(H,76,82)(H,78,87)(H,85,86)/t45-,54-,56+,71+/m0/s1. The van der Waals surface area contributed by atoms with Gasteiger partial charge in [0.2, 0.25) is 36.3 Å². The van der Waals surface area contributed by atoms with Crippen LogP contribution in [0.5, 0.6) is 11.5 Å². The number of aromatic nitrogens is 2. The van der Waals surface area contributed by atoms with Gasteiger partial charge in [0.15, 0.2) is 11.5 Å². The number of anilines is 1. The SMILES string of the molecule is C=C1OCc2c(cc3n(c2=O)Cc2c-3nc3cc4c(cc3c2CNC(=O)OCc2ccc(NC(=O)[C@H](CCC(=O)O)NC(=O)[C@H](C)NC(=O)[C@@H](CC(C)C)NC(=O)CCOCCOCCOCCOCCOCCOCCOCCOCCNC(=O)CCN3C(=O)C=CC3=O)cc2)OCO4)[C@@]1(O)CC. The Hall–Kier alpha value is -9.45. The van der Waals surface area contributed by atoms with Crippen LogP contribution in [-0.4, -0.2) is 222 Å². The summed E-state index contributed by atoms with van der Waals surface area (Å²) in [5, 5.41) is 37.8. The lowest BCUT2D eigenvalue weighted by molar-refractivity contribution is -0.139. The zero-order chi connectivity index (χ0) is 74.5. The first-order valence-electron chi connectivity index (χ1n) is 34.6. The van der Waals surface area contributed by atoms with E-state index in [0.29, 0.717) is 154 Å². The molecule has 4 aliphatic heterocycles. The van der Waals surface area contributed by atoms with Crippen molar-refractivity contribution in [3.8, 4) is 22.9 Å². The number of carbonyl (C=O) groups excluding carboxylic acids is 8. The highest BCUT2D eigenvalue weighted by Gasteiger charge is 2.42. The van der Waals surface area contributed by atoms with Gasteiger partial charge in [-0.25, -0.2) is 9.78 Å². The molecule has 33 nitrogen and oxygen atoms in total. The highest BCUT2D eigenvalue weighted by molar-refractivity contribution is 6.13. The van der Waals surface area contributed by atoms with Gasteiger partial charge in [-0.1, -0.05) is 39.5 Å². The first-order chi connectivity index (χ1) is 50.1. The number of hydrogen-bond acceptors (Lipinski definition) is 24. The van der Waals surface area contributed by atoms with Crippen LogP contribution in [0.2, 0.25) is 0 Å². The molecule has 566 valence electrons. The number of nitrogens with one attached hydrogen (secondary N) is 6. The number of fused-ring (bicyclic) bond motifs is 6.